The van der Waals surface area contributed by atoms with E-state index in [0.717, 1.165) is 25.7 Å². The summed E-state index contributed by atoms with van der Waals surface area (Å²) in [5, 5.41) is 2.85. The first-order valence-corrected chi connectivity index (χ1v) is 12.8. The molecule has 1 atom stereocenters. The Kier molecular flexibility index (Phi) is 8.09. The molecule has 0 aliphatic heterocycles. The normalized spacial score (nSPS) is 15.1. The van der Waals surface area contributed by atoms with Crippen LogP contribution >= 0.6 is 0 Å². The lowest BCUT2D eigenvalue weighted by molar-refractivity contribution is -0.122. The molecule has 1 aliphatic carbocycles. The zero-order valence-electron chi connectivity index (χ0n) is 21.3. The first kappa shape index (κ1) is 25.5. The van der Waals surface area contributed by atoms with Crippen LogP contribution in [0.25, 0.3) is 0 Å². The summed E-state index contributed by atoms with van der Waals surface area (Å²) in [6, 6.07) is 25.0. The van der Waals surface area contributed by atoms with E-state index in [1.807, 2.05) is 42.5 Å². The molecule has 0 bridgehead atoms. The Bertz CT molecular complexity index is 1150. The molecule has 36 heavy (non-hydrogen) atoms. The second-order valence-electron chi connectivity index (χ2n) is 10.0. The van der Waals surface area contributed by atoms with Gasteiger partial charge in [0.15, 0.2) is 6.10 Å². The summed E-state index contributed by atoms with van der Waals surface area (Å²) in [5.74, 6) is 0.0580. The highest BCUT2D eigenvalue weighted by molar-refractivity contribution is 5.95. The molecule has 5 nitrogen and oxygen atoms in total. The van der Waals surface area contributed by atoms with Crippen LogP contribution in [0, 0.1) is 0 Å². The average Bonchev–Trinajstić information content (AvgIpc) is 2.90. The van der Waals surface area contributed by atoms with Crippen LogP contribution in [-0.2, 0) is 14.9 Å². The number of amides is 1. The Balaban J connectivity index is 1.30. The van der Waals surface area contributed by atoms with Crippen molar-refractivity contribution in [1.29, 1.82) is 0 Å². The Morgan fingerprint density at radius 1 is 0.833 bits per heavy atom. The molecule has 3 aromatic rings. The molecular formula is C31H35NO4. The van der Waals surface area contributed by atoms with Crippen LogP contribution in [0.4, 0.5) is 5.69 Å². The molecular weight excluding hydrogens is 450 g/mol. The molecule has 188 valence electrons. The summed E-state index contributed by atoms with van der Waals surface area (Å²) in [6.45, 7) is 6.09. The number of hydrogen-bond donors (Lipinski definition) is 1. The van der Waals surface area contributed by atoms with Gasteiger partial charge in [0.05, 0.1) is 5.56 Å². The van der Waals surface area contributed by atoms with E-state index in [-0.39, 0.29) is 23.4 Å². The van der Waals surface area contributed by atoms with Gasteiger partial charge in [-0.15, -0.1) is 0 Å². The lowest BCUT2D eigenvalue weighted by Gasteiger charge is -2.26. The van der Waals surface area contributed by atoms with Crippen LogP contribution in [0.1, 0.15) is 74.4 Å². The quantitative estimate of drug-likeness (QED) is 0.352. The van der Waals surface area contributed by atoms with Gasteiger partial charge in [-0.25, -0.2) is 4.79 Å². The number of benzene rings is 3. The predicted octanol–water partition coefficient (Wildman–Crippen LogP) is 6.91. The van der Waals surface area contributed by atoms with Crippen molar-refractivity contribution in [3.63, 3.8) is 0 Å². The average molecular weight is 486 g/mol. The van der Waals surface area contributed by atoms with Gasteiger partial charge in [-0.1, -0.05) is 62.7 Å². The highest BCUT2D eigenvalue weighted by Gasteiger charge is 2.23. The molecule has 1 unspecified atom stereocenters. The van der Waals surface area contributed by atoms with Crippen LogP contribution in [0.2, 0.25) is 0 Å². The van der Waals surface area contributed by atoms with Gasteiger partial charge in [-0.05, 0) is 80.1 Å². The fraction of sp³-hybridized carbons (Fsp3) is 0.355. The van der Waals surface area contributed by atoms with E-state index in [0.29, 0.717) is 17.0 Å². The maximum atomic E-state index is 12.7. The molecule has 4 rings (SSSR count). The van der Waals surface area contributed by atoms with Crippen LogP contribution in [0.5, 0.6) is 5.75 Å². The van der Waals surface area contributed by atoms with Crippen LogP contribution in [0.3, 0.4) is 0 Å². The minimum absolute atomic E-state index is 0.0158. The third-order valence-corrected chi connectivity index (χ3v) is 6.97. The number of nitrogens with one attached hydrogen (secondary N) is 1. The molecule has 0 radical (unpaired) electrons. The van der Waals surface area contributed by atoms with E-state index in [9.17, 15) is 9.59 Å². The van der Waals surface area contributed by atoms with Crippen molar-refractivity contribution >= 4 is 17.6 Å². The van der Waals surface area contributed by atoms with Crippen molar-refractivity contribution in [3.05, 3.63) is 95.6 Å². The van der Waals surface area contributed by atoms with Gasteiger partial charge >= 0.3 is 5.97 Å². The van der Waals surface area contributed by atoms with Crippen molar-refractivity contribution in [2.75, 3.05) is 5.32 Å². The summed E-state index contributed by atoms with van der Waals surface area (Å²) in [4.78, 5) is 25.1. The Morgan fingerprint density at radius 3 is 2.08 bits per heavy atom. The number of carbonyl (C=O) groups is 2. The van der Waals surface area contributed by atoms with Gasteiger partial charge in [0, 0.05) is 11.1 Å². The molecule has 0 heterocycles. The third kappa shape index (κ3) is 6.34. The molecule has 1 amide bonds. The topological polar surface area (TPSA) is 64.6 Å². The lowest BCUT2D eigenvalue weighted by atomic mass is 9.78. The minimum atomic E-state index is -0.686. The maximum absolute atomic E-state index is 12.7. The number of rotatable bonds is 8. The molecule has 0 spiro atoms. The van der Waals surface area contributed by atoms with E-state index in [4.69, 9.17) is 9.47 Å². The molecule has 1 fully saturated rings. The zero-order valence-corrected chi connectivity index (χ0v) is 21.3. The Labute approximate surface area is 213 Å². The lowest BCUT2D eigenvalue weighted by Crippen LogP contribution is -2.30. The molecule has 1 N–H and O–H groups in total. The van der Waals surface area contributed by atoms with E-state index in [1.54, 1.807) is 31.2 Å². The summed E-state index contributed by atoms with van der Waals surface area (Å²) in [7, 11) is 0. The largest absolute Gasteiger partial charge is 0.481 e. The van der Waals surface area contributed by atoms with Crippen LogP contribution < -0.4 is 10.1 Å². The summed E-state index contributed by atoms with van der Waals surface area (Å²) in [6.07, 6.45) is 4.63. The molecule has 5 heteroatoms. The van der Waals surface area contributed by atoms with Crippen LogP contribution in [0.15, 0.2) is 78.9 Å². The molecule has 3 aromatic carbocycles. The molecule has 0 saturated heterocycles. The molecule has 1 aliphatic rings. The van der Waals surface area contributed by atoms with Gasteiger partial charge in [0.1, 0.15) is 11.9 Å². The smallest absolute Gasteiger partial charge is 0.338 e. The summed E-state index contributed by atoms with van der Waals surface area (Å²) >= 11 is 0. The van der Waals surface area contributed by atoms with Crippen LogP contribution in [-0.4, -0.2) is 24.1 Å². The Morgan fingerprint density at radius 2 is 1.44 bits per heavy atom. The number of hydrogen-bond acceptors (Lipinski definition) is 4. The van der Waals surface area contributed by atoms with Gasteiger partial charge in [0.25, 0.3) is 5.91 Å². The van der Waals surface area contributed by atoms with Crippen molar-refractivity contribution in [1.82, 2.24) is 0 Å². The van der Waals surface area contributed by atoms with E-state index in [2.05, 4.69) is 31.3 Å². The number of carbonyl (C=O) groups excluding carboxylic acids is 2. The summed E-state index contributed by atoms with van der Waals surface area (Å²) < 4.78 is 11.5. The predicted molar refractivity (Wildman–Crippen MR) is 142 cm³/mol. The zero-order chi connectivity index (χ0) is 25.5. The minimum Gasteiger partial charge on any atom is -0.481 e. The fourth-order valence-corrected chi connectivity index (χ4v) is 4.57. The maximum Gasteiger partial charge on any atom is 0.338 e. The van der Waals surface area contributed by atoms with Gasteiger partial charge in [-0.3, -0.25) is 4.79 Å². The number of esters is 1. The Hall–Kier alpha value is -3.60. The first-order chi connectivity index (χ1) is 17.3. The van der Waals surface area contributed by atoms with Gasteiger partial charge in [0.2, 0.25) is 0 Å². The summed E-state index contributed by atoms with van der Waals surface area (Å²) in [5.41, 5.74) is 3.35. The van der Waals surface area contributed by atoms with Gasteiger partial charge < -0.3 is 14.8 Å². The molecule has 1 saturated carbocycles. The van der Waals surface area contributed by atoms with Crippen molar-refractivity contribution in [2.45, 2.75) is 70.5 Å². The SMILES string of the molecule is CC(Oc1ccc(C(C)(C)c2ccccc2)cc1)C(=O)Nc1ccc(C(=O)OC2CCCCC2)cc1. The molecule has 0 aromatic heterocycles. The van der Waals surface area contributed by atoms with E-state index >= 15 is 0 Å². The number of anilines is 1. The highest BCUT2D eigenvalue weighted by Crippen LogP contribution is 2.32. The van der Waals surface area contributed by atoms with E-state index in [1.165, 1.54) is 17.5 Å². The second kappa shape index (κ2) is 11.4. The third-order valence-electron chi connectivity index (χ3n) is 6.97. The van der Waals surface area contributed by atoms with Crippen molar-refractivity contribution in [2.24, 2.45) is 0 Å². The standard InChI is InChI=1S/C31H35NO4/c1-22(35-28-20-16-25(17-21-28)31(2,3)24-10-6-4-7-11-24)29(33)32-26-18-14-23(15-19-26)30(34)36-27-12-8-5-9-13-27/h4,6-7,10-11,14-22,27H,5,8-9,12-13H2,1-3H3,(H,32,33). The monoisotopic (exact) mass is 485 g/mol. The second-order valence-corrected chi connectivity index (χ2v) is 10.0. The number of ether oxygens (including phenoxy) is 2. The fourth-order valence-electron chi connectivity index (χ4n) is 4.57. The highest BCUT2D eigenvalue weighted by atomic mass is 16.5. The van der Waals surface area contributed by atoms with Gasteiger partial charge in [-0.2, -0.15) is 0 Å². The van der Waals surface area contributed by atoms with Crippen molar-refractivity contribution < 1.29 is 19.1 Å². The first-order valence-electron chi connectivity index (χ1n) is 12.8. The van der Waals surface area contributed by atoms with Crippen molar-refractivity contribution in [3.8, 4) is 5.75 Å². The van der Waals surface area contributed by atoms with E-state index < -0.39 is 6.10 Å².